The zero-order valence-electron chi connectivity index (χ0n) is 18.6. The number of fused-ring (bicyclic) bond motifs is 5. The van der Waals surface area contributed by atoms with Gasteiger partial charge in [0.1, 0.15) is 6.54 Å². The summed E-state index contributed by atoms with van der Waals surface area (Å²) in [6.07, 6.45) is 4.57. The minimum Gasteiger partial charge on any atom is -0.462 e. The molecule has 1 N–H and O–H groups in total. The smallest absolute Gasteiger partial charge is 0.338 e. The van der Waals surface area contributed by atoms with Crippen LogP contribution in [0.25, 0.3) is 0 Å². The third-order valence-electron chi connectivity index (χ3n) is 6.81. The van der Waals surface area contributed by atoms with Gasteiger partial charge in [0.05, 0.1) is 24.0 Å². The molecule has 33 heavy (non-hydrogen) atoms. The lowest BCUT2D eigenvalue weighted by molar-refractivity contribution is -0.154. The predicted octanol–water partition coefficient (Wildman–Crippen LogP) is 2.16. The molecular weight excluding hydrogens is 428 g/mol. The first-order valence-corrected chi connectivity index (χ1v) is 11.5. The molecule has 2 saturated carbocycles. The van der Waals surface area contributed by atoms with Crippen LogP contribution >= 0.6 is 0 Å². The summed E-state index contributed by atoms with van der Waals surface area (Å²) < 4.78 is 10.1. The van der Waals surface area contributed by atoms with Crippen molar-refractivity contribution in [2.24, 2.45) is 23.7 Å². The quantitative estimate of drug-likeness (QED) is 0.344. The number of carbonyl (C=O) groups is 5. The summed E-state index contributed by atoms with van der Waals surface area (Å²) in [4.78, 5) is 62.4. The second-order valence-electron chi connectivity index (χ2n) is 8.92. The van der Waals surface area contributed by atoms with Gasteiger partial charge < -0.3 is 14.8 Å². The summed E-state index contributed by atoms with van der Waals surface area (Å²) >= 11 is 0. The highest BCUT2D eigenvalue weighted by atomic mass is 16.5. The fourth-order valence-electron chi connectivity index (χ4n) is 5.23. The molecule has 176 valence electrons. The molecule has 1 aromatic rings. The van der Waals surface area contributed by atoms with Crippen LogP contribution in [0.3, 0.4) is 0 Å². The Labute approximate surface area is 191 Å². The molecule has 9 heteroatoms. The Balaban J connectivity index is 1.21. The number of imide groups is 1. The molecule has 4 rings (SSSR count). The maximum Gasteiger partial charge on any atom is 0.338 e. The van der Waals surface area contributed by atoms with Crippen molar-refractivity contribution in [3.05, 3.63) is 29.8 Å². The Morgan fingerprint density at radius 3 is 2.24 bits per heavy atom. The first-order valence-electron chi connectivity index (χ1n) is 11.5. The van der Waals surface area contributed by atoms with E-state index < -0.39 is 31.0 Å². The number of hydrogen-bond donors (Lipinski definition) is 1. The van der Waals surface area contributed by atoms with Crippen LogP contribution in [0.5, 0.6) is 0 Å². The molecule has 3 fully saturated rings. The number of hydrogen-bond acceptors (Lipinski definition) is 7. The van der Waals surface area contributed by atoms with Gasteiger partial charge in [-0.2, -0.15) is 0 Å². The topological polar surface area (TPSA) is 119 Å². The second-order valence-corrected chi connectivity index (χ2v) is 8.92. The maximum absolute atomic E-state index is 12.6. The molecule has 1 heterocycles. The first kappa shape index (κ1) is 22.9. The molecule has 9 nitrogen and oxygen atoms in total. The molecule has 1 aliphatic heterocycles. The van der Waals surface area contributed by atoms with E-state index in [2.05, 4.69) is 5.32 Å². The van der Waals surface area contributed by atoms with Crippen LogP contribution in [0.4, 0.5) is 5.69 Å². The Morgan fingerprint density at radius 2 is 1.64 bits per heavy atom. The number of ether oxygens (including phenoxy) is 2. The molecular formula is C24H28N2O7. The van der Waals surface area contributed by atoms with Crippen LogP contribution in [-0.2, 0) is 28.7 Å². The number of likely N-dealkylation sites (tertiary alicyclic amines) is 1. The highest BCUT2D eigenvalue weighted by molar-refractivity contribution is 6.08. The number of esters is 2. The third kappa shape index (κ3) is 4.77. The molecule has 3 amide bonds. The number of nitrogens with zero attached hydrogens (tertiary/aromatic N) is 1. The molecule has 2 bridgehead atoms. The summed E-state index contributed by atoms with van der Waals surface area (Å²) in [7, 11) is 0. The molecule has 1 aromatic carbocycles. The SMILES string of the molecule is CCCCOC(=O)c1ccc(NC(=O)COC(=O)CN2C(=O)[C@@H]3[C@H]4CC[C@@H](C4)[C@H]3C2=O)cc1. The standard InChI is InChI=1S/C24H28N2O7/c1-2-3-10-32-24(31)14-6-8-17(9-7-14)25-18(27)13-33-19(28)12-26-22(29)20-15-4-5-16(11-15)21(20)23(26)30/h6-9,15-16,20-21H,2-5,10-13H2,1H3,(H,25,27)/t15-,16-,20+,21+/m0/s1. The first-order chi connectivity index (χ1) is 15.9. The Kier molecular flexibility index (Phi) is 6.76. The maximum atomic E-state index is 12.6. The van der Waals surface area contributed by atoms with Crippen molar-refractivity contribution in [3.63, 3.8) is 0 Å². The Bertz CT molecular complexity index is 930. The van der Waals surface area contributed by atoms with Crippen LogP contribution in [0.1, 0.15) is 49.4 Å². The van der Waals surface area contributed by atoms with E-state index in [0.29, 0.717) is 17.9 Å². The van der Waals surface area contributed by atoms with Crippen molar-refractivity contribution in [2.45, 2.75) is 39.0 Å². The van der Waals surface area contributed by atoms with Crippen molar-refractivity contribution in [1.82, 2.24) is 4.90 Å². The van der Waals surface area contributed by atoms with Gasteiger partial charge in [0, 0.05) is 5.69 Å². The van der Waals surface area contributed by atoms with Gasteiger partial charge in [0.2, 0.25) is 11.8 Å². The number of nitrogens with one attached hydrogen (secondary N) is 1. The van der Waals surface area contributed by atoms with Crippen LogP contribution < -0.4 is 5.32 Å². The van der Waals surface area contributed by atoms with Gasteiger partial charge in [-0.05, 0) is 61.8 Å². The summed E-state index contributed by atoms with van der Waals surface area (Å²) in [6.45, 7) is 1.35. The van der Waals surface area contributed by atoms with Crippen LogP contribution in [0.15, 0.2) is 24.3 Å². The third-order valence-corrected chi connectivity index (χ3v) is 6.81. The van der Waals surface area contributed by atoms with Crippen molar-refractivity contribution in [2.75, 3.05) is 25.1 Å². The molecule has 1 saturated heterocycles. The summed E-state index contributed by atoms with van der Waals surface area (Å²) in [6, 6.07) is 6.16. The monoisotopic (exact) mass is 456 g/mol. The Morgan fingerprint density at radius 1 is 1.00 bits per heavy atom. The normalized spacial score (nSPS) is 25.2. The van der Waals surface area contributed by atoms with Gasteiger partial charge in [-0.1, -0.05) is 13.3 Å². The molecule has 3 aliphatic rings. The number of rotatable bonds is 9. The van der Waals surface area contributed by atoms with E-state index in [1.807, 2.05) is 6.92 Å². The molecule has 0 unspecified atom stereocenters. The number of benzene rings is 1. The lowest BCUT2D eigenvalue weighted by Crippen LogP contribution is -2.38. The van der Waals surface area contributed by atoms with Crippen molar-refractivity contribution >= 4 is 35.3 Å². The molecule has 4 atom stereocenters. The van der Waals surface area contributed by atoms with E-state index in [0.717, 1.165) is 37.0 Å². The van der Waals surface area contributed by atoms with Gasteiger partial charge in [0.25, 0.3) is 5.91 Å². The van der Waals surface area contributed by atoms with Crippen molar-refractivity contribution in [1.29, 1.82) is 0 Å². The zero-order valence-corrected chi connectivity index (χ0v) is 18.6. The van der Waals surface area contributed by atoms with Gasteiger partial charge in [0.15, 0.2) is 6.61 Å². The average Bonchev–Trinajstić information content (AvgIpc) is 3.48. The minimum atomic E-state index is -0.802. The van der Waals surface area contributed by atoms with Crippen LogP contribution in [0, 0.1) is 23.7 Å². The predicted molar refractivity (Wildman–Crippen MR) is 116 cm³/mol. The molecule has 2 aliphatic carbocycles. The molecule has 0 radical (unpaired) electrons. The summed E-state index contributed by atoms with van der Waals surface area (Å²) in [5.41, 5.74) is 0.794. The van der Waals surface area contributed by atoms with E-state index in [1.54, 1.807) is 12.1 Å². The van der Waals surface area contributed by atoms with E-state index >= 15 is 0 Å². The number of amides is 3. The van der Waals surface area contributed by atoms with Crippen LogP contribution in [0.2, 0.25) is 0 Å². The number of carbonyl (C=O) groups excluding carboxylic acids is 5. The Hall–Kier alpha value is -3.23. The fraction of sp³-hybridized carbons (Fsp3) is 0.542. The molecule has 0 aromatic heterocycles. The average molecular weight is 456 g/mol. The van der Waals surface area contributed by atoms with Crippen molar-refractivity contribution in [3.8, 4) is 0 Å². The van der Waals surface area contributed by atoms with E-state index in [9.17, 15) is 24.0 Å². The van der Waals surface area contributed by atoms with Crippen molar-refractivity contribution < 1.29 is 33.4 Å². The van der Waals surface area contributed by atoms with Gasteiger partial charge >= 0.3 is 11.9 Å². The zero-order chi connectivity index (χ0) is 23.5. The second kappa shape index (κ2) is 9.72. The lowest BCUT2D eigenvalue weighted by atomic mass is 9.81. The largest absolute Gasteiger partial charge is 0.462 e. The van der Waals surface area contributed by atoms with E-state index in [4.69, 9.17) is 9.47 Å². The summed E-state index contributed by atoms with van der Waals surface area (Å²) in [5.74, 6) is -2.48. The number of unbranched alkanes of at least 4 members (excludes halogenated alkanes) is 1. The highest BCUT2D eigenvalue weighted by Gasteiger charge is 2.61. The highest BCUT2D eigenvalue weighted by Crippen LogP contribution is 2.56. The van der Waals surface area contributed by atoms with E-state index in [-0.39, 0.29) is 35.5 Å². The fourth-order valence-corrected chi connectivity index (χ4v) is 5.23. The van der Waals surface area contributed by atoms with Gasteiger partial charge in [-0.25, -0.2) is 4.79 Å². The van der Waals surface area contributed by atoms with Gasteiger partial charge in [-0.15, -0.1) is 0 Å². The molecule has 0 spiro atoms. The lowest BCUT2D eigenvalue weighted by Gasteiger charge is -2.19. The van der Waals surface area contributed by atoms with Crippen LogP contribution in [-0.4, -0.2) is 54.3 Å². The van der Waals surface area contributed by atoms with Gasteiger partial charge in [-0.3, -0.25) is 24.1 Å². The minimum absolute atomic E-state index is 0.243. The number of anilines is 1. The van der Waals surface area contributed by atoms with E-state index in [1.165, 1.54) is 12.1 Å². The summed E-state index contributed by atoms with van der Waals surface area (Å²) in [5, 5.41) is 2.56.